The number of carbonyl (C=O) groups excluding carboxylic acids is 1. The molecule has 1 saturated heterocycles. The van der Waals surface area contributed by atoms with Crippen LogP contribution in [0.25, 0.3) is 10.8 Å². The molecule has 0 unspecified atom stereocenters. The summed E-state index contributed by atoms with van der Waals surface area (Å²) in [7, 11) is 0. The van der Waals surface area contributed by atoms with Gasteiger partial charge in [-0.2, -0.15) is 0 Å². The van der Waals surface area contributed by atoms with Gasteiger partial charge in [0.15, 0.2) is 6.61 Å². The van der Waals surface area contributed by atoms with Gasteiger partial charge >= 0.3 is 0 Å². The first-order chi connectivity index (χ1) is 13.1. The number of fused-ring (bicyclic) bond motifs is 1. The van der Waals surface area contributed by atoms with E-state index in [9.17, 15) is 4.79 Å². The van der Waals surface area contributed by atoms with Crippen molar-refractivity contribution in [3.05, 3.63) is 65.5 Å². The number of aromatic nitrogens is 1. The second-order valence-electron chi connectivity index (χ2n) is 7.25. The molecule has 2 heterocycles. The monoisotopic (exact) mass is 363 g/mol. The van der Waals surface area contributed by atoms with E-state index in [4.69, 9.17) is 9.47 Å². The van der Waals surface area contributed by atoms with Crippen molar-refractivity contribution in [2.45, 2.75) is 39.3 Å². The minimum absolute atomic E-state index is 0.00912. The number of nitrogens with zero attached hydrogens (tertiary/aromatic N) is 1. The highest BCUT2D eigenvalue weighted by molar-refractivity contribution is 5.98. The molecule has 27 heavy (non-hydrogen) atoms. The minimum Gasteiger partial charge on any atom is -0.485 e. The molecule has 1 aliphatic rings. The van der Waals surface area contributed by atoms with Crippen LogP contribution in [0.2, 0.25) is 0 Å². The summed E-state index contributed by atoms with van der Waals surface area (Å²) in [4.78, 5) is 12.7. The molecule has 2 aromatic carbocycles. The van der Waals surface area contributed by atoms with E-state index in [0.717, 1.165) is 59.5 Å². The zero-order valence-electron chi connectivity index (χ0n) is 15.9. The predicted molar refractivity (Wildman–Crippen MR) is 107 cm³/mol. The number of carbonyl (C=O) groups is 1. The molecule has 140 valence electrons. The number of ether oxygens (including phenoxy) is 2. The molecule has 0 bridgehead atoms. The molecule has 1 fully saturated rings. The standard InChI is InChI=1S/C23H25NO3/c1-16-12-22(17(2)24(16)14-21-8-5-11-26-21)23(25)15-27-20-10-9-18-6-3-4-7-19(18)13-20/h3-4,6-7,9-10,12-13,21H,5,8,11,14-15H2,1-2H3/t21-/m0/s1. The Morgan fingerprint density at radius 3 is 2.74 bits per heavy atom. The molecule has 0 aliphatic carbocycles. The van der Waals surface area contributed by atoms with E-state index in [1.165, 1.54) is 0 Å². The zero-order chi connectivity index (χ0) is 18.8. The first kappa shape index (κ1) is 17.8. The van der Waals surface area contributed by atoms with Crippen molar-refractivity contribution in [2.24, 2.45) is 0 Å². The molecule has 0 spiro atoms. The Morgan fingerprint density at radius 2 is 1.96 bits per heavy atom. The summed E-state index contributed by atoms with van der Waals surface area (Å²) in [5.41, 5.74) is 2.83. The van der Waals surface area contributed by atoms with Gasteiger partial charge in [0.2, 0.25) is 5.78 Å². The fourth-order valence-electron chi connectivity index (χ4n) is 3.84. The van der Waals surface area contributed by atoms with E-state index >= 15 is 0 Å². The maximum Gasteiger partial charge on any atom is 0.202 e. The van der Waals surface area contributed by atoms with Crippen LogP contribution < -0.4 is 4.74 Å². The van der Waals surface area contributed by atoms with Gasteiger partial charge in [0, 0.05) is 30.1 Å². The van der Waals surface area contributed by atoms with E-state index in [2.05, 4.69) is 10.6 Å². The number of Topliss-reactive ketones (excluding diaryl/α,β-unsaturated/α-hetero) is 1. The lowest BCUT2D eigenvalue weighted by atomic mass is 10.1. The van der Waals surface area contributed by atoms with Crippen molar-refractivity contribution in [3.63, 3.8) is 0 Å². The molecule has 4 heteroatoms. The number of benzene rings is 2. The maximum atomic E-state index is 12.7. The smallest absolute Gasteiger partial charge is 0.202 e. The average molecular weight is 363 g/mol. The third-order valence-corrected chi connectivity index (χ3v) is 5.38. The topological polar surface area (TPSA) is 40.5 Å². The van der Waals surface area contributed by atoms with E-state index in [1.807, 2.05) is 56.3 Å². The average Bonchev–Trinajstić information content (AvgIpc) is 3.30. The van der Waals surface area contributed by atoms with Crippen LogP contribution in [0.1, 0.15) is 34.6 Å². The van der Waals surface area contributed by atoms with Crippen LogP contribution in [0.3, 0.4) is 0 Å². The summed E-state index contributed by atoms with van der Waals surface area (Å²) in [5.74, 6) is 0.727. The van der Waals surface area contributed by atoms with Crippen molar-refractivity contribution in [1.82, 2.24) is 4.57 Å². The summed E-state index contributed by atoms with van der Waals surface area (Å²) >= 11 is 0. The van der Waals surface area contributed by atoms with Gasteiger partial charge in [-0.15, -0.1) is 0 Å². The highest BCUT2D eigenvalue weighted by Crippen LogP contribution is 2.23. The quantitative estimate of drug-likeness (QED) is 0.596. The molecule has 0 saturated carbocycles. The molecule has 0 amide bonds. The van der Waals surface area contributed by atoms with Gasteiger partial charge < -0.3 is 14.0 Å². The molecule has 4 nitrogen and oxygen atoms in total. The summed E-state index contributed by atoms with van der Waals surface area (Å²) < 4.78 is 13.7. The molecule has 1 atom stereocenters. The number of rotatable bonds is 6. The van der Waals surface area contributed by atoms with Crippen molar-refractivity contribution in [2.75, 3.05) is 13.2 Å². The summed E-state index contributed by atoms with van der Waals surface area (Å²) in [6, 6.07) is 16.0. The van der Waals surface area contributed by atoms with E-state index in [-0.39, 0.29) is 18.5 Å². The molecule has 1 aliphatic heterocycles. The Hall–Kier alpha value is -2.59. The Kier molecular flexibility index (Phi) is 4.99. The molecule has 1 aromatic heterocycles. The third kappa shape index (κ3) is 3.76. The second-order valence-corrected chi connectivity index (χ2v) is 7.25. The first-order valence-electron chi connectivity index (χ1n) is 9.55. The molecule has 4 rings (SSSR count). The van der Waals surface area contributed by atoms with E-state index in [0.29, 0.717) is 0 Å². The fraction of sp³-hybridized carbons (Fsp3) is 0.348. The molecular formula is C23H25NO3. The summed E-state index contributed by atoms with van der Waals surface area (Å²) in [6.07, 6.45) is 2.47. The van der Waals surface area contributed by atoms with Crippen molar-refractivity contribution in [3.8, 4) is 5.75 Å². The van der Waals surface area contributed by atoms with Crippen LogP contribution in [0.4, 0.5) is 0 Å². The summed E-state index contributed by atoms with van der Waals surface area (Å²) in [6.45, 7) is 5.75. The molecule has 3 aromatic rings. The highest BCUT2D eigenvalue weighted by atomic mass is 16.5. The van der Waals surface area contributed by atoms with Gasteiger partial charge in [-0.3, -0.25) is 4.79 Å². The predicted octanol–water partition coefficient (Wildman–Crippen LogP) is 4.70. The Morgan fingerprint density at radius 1 is 1.15 bits per heavy atom. The van der Waals surface area contributed by atoms with Gasteiger partial charge in [0.05, 0.1) is 6.10 Å². The third-order valence-electron chi connectivity index (χ3n) is 5.38. The van der Waals surface area contributed by atoms with Crippen LogP contribution in [-0.2, 0) is 11.3 Å². The number of hydrogen-bond donors (Lipinski definition) is 0. The molecule has 0 N–H and O–H groups in total. The van der Waals surface area contributed by atoms with Crippen LogP contribution in [0.15, 0.2) is 48.5 Å². The lowest BCUT2D eigenvalue weighted by molar-refractivity contribution is 0.0914. The zero-order valence-corrected chi connectivity index (χ0v) is 15.9. The van der Waals surface area contributed by atoms with Crippen LogP contribution in [0, 0.1) is 13.8 Å². The van der Waals surface area contributed by atoms with Gasteiger partial charge in [0.1, 0.15) is 5.75 Å². The van der Waals surface area contributed by atoms with Crippen LogP contribution in [-0.4, -0.2) is 29.7 Å². The number of hydrogen-bond acceptors (Lipinski definition) is 3. The molecular weight excluding hydrogens is 338 g/mol. The van der Waals surface area contributed by atoms with Gasteiger partial charge in [0.25, 0.3) is 0 Å². The summed E-state index contributed by atoms with van der Waals surface area (Å²) in [5, 5.41) is 2.27. The normalized spacial score (nSPS) is 16.7. The van der Waals surface area contributed by atoms with Gasteiger partial charge in [-0.05, 0) is 55.7 Å². The minimum atomic E-state index is 0.00912. The number of aryl methyl sites for hydroxylation is 1. The maximum absolute atomic E-state index is 12.7. The van der Waals surface area contributed by atoms with Crippen molar-refractivity contribution in [1.29, 1.82) is 0 Å². The van der Waals surface area contributed by atoms with Crippen molar-refractivity contribution < 1.29 is 14.3 Å². The SMILES string of the molecule is Cc1cc(C(=O)COc2ccc3ccccc3c2)c(C)n1C[C@@H]1CCCO1. The second kappa shape index (κ2) is 7.57. The Balaban J connectivity index is 1.45. The van der Waals surface area contributed by atoms with Crippen LogP contribution in [0.5, 0.6) is 5.75 Å². The first-order valence-corrected chi connectivity index (χ1v) is 9.55. The van der Waals surface area contributed by atoms with Gasteiger partial charge in [-0.25, -0.2) is 0 Å². The van der Waals surface area contributed by atoms with Crippen LogP contribution >= 0.6 is 0 Å². The number of ketones is 1. The van der Waals surface area contributed by atoms with Crippen molar-refractivity contribution >= 4 is 16.6 Å². The fourth-order valence-corrected chi connectivity index (χ4v) is 3.84. The Labute approximate surface area is 159 Å². The van der Waals surface area contributed by atoms with E-state index in [1.54, 1.807) is 0 Å². The lowest BCUT2D eigenvalue weighted by Gasteiger charge is -2.14. The van der Waals surface area contributed by atoms with E-state index < -0.39 is 0 Å². The van der Waals surface area contributed by atoms with Gasteiger partial charge in [-0.1, -0.05) is 30.3 Å². The Bertz CT molecular complexity index is 967. The molecule has 0 radical (unpaired) electrons. The lowest BCUT2D eigenvalue weighted by Crippen LogP contribution is -2.18. The largest absolute Gasteiger partial charge is 0.485 e. The highest BCUT2D eigenvalue weighted by Gasteiger charge is 2.21.